The fourth-order valence-electron chi connectivity index (χ4n) is 3.33. The second-order valence-corrected chi connectivity index (χ2v) is 10.1. The van der Waals surface area contributed by atoms with Crippen molar-refractivity contribution >= 4 is 21.4 Å². The van der Waals surface area contributed by atoms with Crippen LogP contribution in [0.2, 0.25) is 5.02 Å². The molecule has 1 aromatic carbocycles. The highest BCUT2D eigenvalue weighted by atomic mass is 35.5. The minimum atomic E-state index is -4.69. The lowest BCUT2D eigenvalue weighted by atomic mass is 9.94. The maximum absolute atomic E-state index is 13.2. The van der Waals surface area contributed by atoms with E-state index in [4.69, 9.17) is 16.3 Å². The van der Waals surface area contributed by atoms with Crippen molar-refractivity contribution in [1.82, 2.24) is 4.98 Å². The van der Waals surface area contributed by atoms with E-state index >= 15 is 0 Å². The van der Waals surface area contributed by atoms with E-state index in [1.54, 1.807) is 0 Å². The number of nitrogens with zero attached hydrogens (tertiary/aromatic N) is 1. The Morgan fingerprint density at radius 1 is 1.27 bits per heavy atom. The number of hydrogen-bond donors (Lipinski definition) is 0. The Morgan fingerprint density at radius 2 is 1.97 bits per heavy atom. The van der Waals surface area contributed by atoms with E-state index in [1.807, 2.05) is 0 Å². The molecular weight excluding hydrogens is 453 g/mol. The Balaban J connectivity index is 1.95. The van der Waals surface area contributed by atoms with Gasteiger partial charge in [0.2, 0.25) is 0 Å². The molecule has 3 rings (SSSR count). The van der Waals surface area contributed by atoms with Crippen LogP contribution >= 0.6 is 11.6 Å². The van der Waals surface area contributed by atoms with Gasteiger partial charge in [0.25, 0.3) is 6.43 Å². The number of halogens is 6. The first kappa shape index (κ1) is 22.9. The van der Waals surface area contributed by atoms with Gasteiger partial charge in [-0.1, -0.05) is 17.7 Å². The number of rotatable bonds is 4. The Bertz CT molecular complexity index is 1040. The van der Waals surface area contributed by atoms with Gasteiger partial charge in [-0.05, 0) is 44.0 Å². The second kappa shape index (κ2) is 8.05. The van der Waals surface area contributed by atoms with Crippen molar-refractivity contribution in [2.45, 2.75) is 48.1 Å². The van der Waals surface area contributed by atoms with Gasteiger partial charge in [-0.2, -0.15) is 13.2 Å². The Labute approximate surface area is 174 Å². The van der Waals surface area contributed by atoms with Crippen molar-refractivity contribution < 1.29 is 35.1 Å². The molecule has 30 heavy (non-hydrogen) atoms. The molecule has 1 aromatic heterocycles. The highest BCUT2D eigenvalue weighted by Crippen LogP contribution is 2.43. The zero-order valence-electron chi connectivity index (χ0n) is 15.6. The summed E-state index contributed by atoms with van der Waals surface area (Å²) in [5, 5.41) is -0.0986. The number of ether oxygens (including phenoxy) is 1. The smallest absolute Gasteiger partial charge is 0.372 e. The third kappa shape index (κ3) is 4.31. The van der Waals surface area contributed by atoms with E-state index in [9.17, 15) is 30.4 Å². The van der Waals surface area contributed by atoms with Crippen LogP contribution in [0.5, 0.6) is 0 Å². The Morgan fingerprint density at radius 3 is 2.57 bits per heavy atom. The second-order valence-electron chi connectivity index (χ2n) is 7.23. The maximum Gasteiger partial charge on any atom is 0.416 e. The topological polar surface area (TPSA) is 56.3 Å². The number of sulfone groups is 1. The number of aromatic nitrogens is 1. The summed E-state index contributed by atoms with van der Waals surface area (Å²) in [4.78, 5) is 3.46. The lowest BCUT2D eigenvalue weighted by molar-refractivity contribution is -0.137. The predicted octanol–water partition coefficient (Wildman–Crippen LogP) is 5.78. The lowest BCUT2D eigenvalue weighted by Crippen LogP contribution is -2.42. The molecule has 0 N–H and O–H groups in total. The first-order chi connectivity index (χ1) is 13.8. The monoisotopic (exact) mass is 469 g/mol. The summed E-state index contributed by atoms with van der Waals surface area (Å²) in [6.45, 7) is 1.40. The summed E-state index contributed by atoms with van der Waals surface area (Å²) in [5.41, 5.74) is -1.35. The standard InChI is InChI=1S/C19H17ClF5NO3S/c1-18(30(27,28)13-4-2-3-12(8-13)19(23,24)25)5-6-29-15(9-18)16-14(20)7-11(10-26-16)17(21)22/h2-4,7-8,10,15,17H,5-6,9H2,1H3. The van der Waals surface area contributed by atoms with E-state index in [0.29, 0.717) is 6.07 Å². The summed E-state index contributed by atoms with van der Waals surface area (Å²) in [5.74, 6) is 0. The predicted molar refractivity (Wildman–Crippen MR) is 99.2 cm³/mol. The fraction of sp³-hybridized carbons (Fsp3) is 0.421. The molecule has 2 aromatic rings. The van der Waals surface area contributed by atoms with Gasteiger partial charge < -0.3 is 4.74 Å². The van der Waals surface area contributed by atoms with Crippen LogP contribution in [0.4, 0.5) is 22.0 Å². The van der Waals surface area contributed by atoms with Crippen LogP contribution in [0.1, 0.15) is 49.1 Å². The number of alkyl halides is 5. The van der Waals surface area contributed by atoms with E-state index in [-0.39, 0.29) is 35.7 Å². The molecule has 0 amide bonds. The van der Waals surface area contributed by atoms with Crippen molar-refractivity contribution in [2.24, 2.45) is 0 Å². The molecule has 0 bridgehead atoms. The molecule has 0 aliphatic carbocycles. The minimum Gasteiger partial charge on any atom is -0.372 e. The summed E-state index contributed by atoms with van der Waals surface area (Å²) >= 11 is 6.05. The first-order valence-electron chi connectivity index (χ1n) is 8.82. The largest absolute Gasteiger partial charge is 0.416 e. The molecule has 1 fully saturated rings. The van der Waals surface area contributed by atoms with Gasteiger partial charge in [-0.15, -0.1) is 0 Å². The van der Waals surface area contributed by atoms with Crippen LogP contribution in [-0.4, -0.2) is 24.8 Å². The summed E-state index contributed by atoms with van der Waals surface area (Å²) in [6, 6.07) is 4.58. The van der Waals surface area contributed by atoms with Gasteiger partial charge in [0, 0.05) is 18.4 Å². The molecule has 1 saturated heterocycles. The SMILES string of the molecule is CC1(S(=O)(=O)c2cccc(C(F)(F)F)c2)CCOC(c2ncc(C(F)F)cc2Cl)C1. The molecule has 0 radical (unpaired) electrons. The van der Waals surface area contributed by atoms with Crippen molar-refractivity contribution in [1.29, 1.82) is 0 Å². The van der Waals surface area contributed by atoms with Gasteiger partial charge in [0.1, 0.15) is 6.10 Å². The van der Waals surface area contributed by atoms with E-state index < -0.39 is 43.7 Å². The Kier molecular flexibility index (Phi) is 6.14. The van der Waals surface area contributed by atoms with Gasteiger partial charge in [-0.3, -0.25) is 4.98 Å². The minimum absolute atomic E-state index is 0.0199. The molecule has 0 saturated carbocycles. The van der Waals surface area contributed by atoms with Crippen LogP contribution in [0.15, 0.2) is 41.4 Å². The average molecular weight is 470 g/mol. The van der Waals surface area contributed by atoms with Crippen LogP contribution in [-0.2, 0) is 20.8 Å². The van der Waals surface area contributed by atoms with Crippen molar-refractivity contribution in [3.05, 3.63) is 58.4 Å². The van der Waals surface area contributed by atoms with Crippen LogP contribution in [0.25, 0.3) is 0 Å². The maximum atomic E-state index is 13.2. The highest BCUT2D eigenvalue weighted by Gasteiger charge is 2.46. The van der Waals surface area contributed by atoms with Crippen molar-refractivity contribution in [3.63, 3.8) is 0 Å². The normalized spacial score (nSPS) is 23.0. The van der Waals surface area contributed by atoms with Crippen LogP contribution < -0.4 is 0 Å². The van der Waals surface area contributed by atoms with Crippen molar-refractivity contribution in [2.75, 3.05) is 6.61 Å². The van der Waals surface area contributed by atoms with Crippen LogP contribution in [0, 0.1) is 0 Å². The molecule has 164 valence electrons. The molecule has 1 aliphatic rings. The quantitative estimate of drug-likeness (QED) is 0.533. The molecule has 2 atom stereocenters. The Hall–Kier alpha value is -1.78. The average Bonchev–Trinajstić information content (AvgIpc) is 2.67. The van der Waals surface area contributed by atoms with Gasteiger partial charge in [0.05, 0.1) is 25.9 Å². The highest BCUT2D eigenvalue weighted by molar-refractivity contribution is 7.92. The molecule has 2 heterocycles. The molecule has 2 unspecified atom stereocenters. The molecular formula is C19H17ClF5NO3S. The molecule has 11 heteroatoms. The van der Waals surface area contributed by atoms with E-state index in [1.165, 1.54) is 6.92 Å². The molecule has 4 nitrogen and oxygen atoms in total. The summed E-state index contributed by atoms with van der Waals surface area (Å²) < 4.78 is 95.2. The van der Waals surface area contributed by atoms with Gasteiger partial charge >= 0.3 is 6.18 Å². The van der Waals surface area contributed by atoms with Gasteiger partial charge in [0.15, 0.2) is 9.84 Å². The summed E-state index contributed by atoms with van der Waals surface area (Å²) in [6.07, 6.45) is -7.55. The van der Waals surface area contributed by atoms with Crippen molar-refractivity contribution in [3.8, 4) is 0 Å². The van der Waals surface area contributed by atoms with E-state index in [0.717, 1.165) is 30.5 Å². The number of hydrogen-bond acceptors (Lipinski definition) is 4. The third-order valence-electron chi connectivity index (χ3n) is 5.14. The lowest BCUT2D eigenvalue weighted by Gasteiger charge is -2.37. The molecule has 1 aliphatic heterocycles. The fourth-order valence-corrected chi connectivity index (χ4v) is 5.46. The number of benzene rings is 1. The third-order valence-corrected chi connectivity index (χ3v) is 7.98. The zero-order chi connectivity index (χ0) is 22.3. The van der Waals surface area contributed by atoms with E-state index in [2.05, 4.69) is 4.98 Å². The van der Waals surface area contributed by atoms with Gasteiger partial charge in [-0.25, -0.2) is 17.2 Å². The zero-order valence-corrected chi connectivity index (χ0v) is 17.2. The molecule has 0 spiro atoms. The summed E-state index contributed by atoms with van der Waals surface area (Å²) in [7, 11) is -4.19. The number of pyridine rings is 1. The first-order valence-corrected chi connectivity index (χ1v) is 10.7. The van der Waals surface area contributed by atoms with Crippen LogP contribution in [0.3, 0.4) is 0 Å².